The van der Waals surface area contributed by atoms with Crippen LogP contribution in [0.1, 0.15) is 25.0 Å². The standard InChI is InChI=1S/C53H36/c1-53(2)48-30-24-34-13-6-7-17-42(34)52(48)47-29-23-38(32-49(47)53)37-14-10-15-39(31-37)40-16-8-9-18-43(40)44-26-20-36-21-27-45-41(33-11-4-3-5-12-33)25-19-35-22-28-46(44)51(36)50(35)45/h3-32H,1-2H3. The fourth-order valence-electron chi connectivity index (χ4n) is 9.43. The van der Waals surface area contributed by atoms with Gasteiger partial charge in [0, 0.05) is 5.41 Å². The molecule has 0 unspecified atom stereocenters. The molecule has 0 aromatic heterocycles. The third-order valence-corrected chi connectivity index (χ3v) is 12.0. The molecule has 10 aromatic carbocycles. The van der Waals surface area contributed by atoms with Crippen molar-refractivity contribution in [3.05, 3.63) is 193 Å². The lowest BCUT2D eigenvalue weighted by Crippen LogP contribution is -2.15. The number of rotatable bonds is 4. The van der Waals surface area contributed by atoms with Gasteiger partial charge in [-0.1, -0.05) is 184 Å². The Kier molecular flexibility index (Phi) is 6.40. The molecule has 0 heterocycles. The largest absolute Gasteiger partial charge is 0.0622 e. The smallest absolute Gasteiger partial charge is 0.0159 e. The Bertz CT molecular complexity index is 3070. The number of fused-ring (bicyclic) bond motifs is 5. The van der Waals surface area contributed by atoms with E-state index in [9.17, 15) is 0 Å². The van der Waals surface area contributed by atoms with E-state index in [-0.39, 0.29) is 5.41 Å². The monoisotopic (exact) mass is 672 g/mol. The molecule has 0 nitrogen and oxygen atoms in total. The molecule has 248 valence electrons. The van der Waals surface area contributed by atoms with Gasteiger partial charge in [0.05, 0.1) is 0 Å². The first-order valence-electron chi connectivity index (χ1n) is 18.7. The molecule has 0 bridgehead atoms. The zero-order valence-electron chi connectivity index (χ0n) is 29.8. The molecule has 10 aromatic rings. The normalized spacial score (nSPS) is 13.2. The quantitative estimate of drug-likeness (QED) is 0.163. The second-order valence-electron chi connectivity index (χ2n) is 15.2. The van der Waals surface area contributed by atoms with Gasteiger partial charge in [0.15, 0.2) is 0 Å². The highest BCUT2D eigenvalue weighted by atomic mass is 14.4. The van der Waals surface area contributed by atoms with Crippen LogP contribution in [0.3, 0.4) is 0 Å². The molecule has 0 atom stereocenters. The first-order chi connectivity index (χ1) is 26.0. The summed E-state index contributed by atoms with van der Waals surface area (Å²) in [4.78, 5) is 0. The number of hydrogen-bond acceptors (Lipinski definition) is 0. The van der Waals surface area contributed by atoms with E-state index in [0.717, 1.165) is 0 Å². The molecule has 0 heteroatoms. The summed E-state index contributed by atoms with van der Waals surface area (Å²) in [6, 6.07) is 67.9. The molecule has 0 spiro atoms. The average Bonchev–Trinajstić information content (AvgIpc) is 3.45. The zero-order valence-corrected chi connectivity index (χ0v) is 29.8. The molecule has 0 radical (unpaired) electrons. The minimum Gasteiger partial charge on any atom is -0.0622 e. The highest BCUT2D eigenvalue weighted by Crippen LogP contribution is 2.52. The van der Waals surface area contributed by atoms with Crippen LogP contribution in [0.4, 0.5) is 0 Å². The summed E-state index contributed by atoms with van der Waals surface area (Å²) in [6.45, 7) is 4.75. The average molecular weight is 673 g/mol. The Morgan fingerprint density at radius 1 is 0.302 bits per heavy atom. The minimum absolute atomic E-state index is 0.0776. The van der Waals surface area contributed by atoms with Crippen molar-refractivity contribution in [2.45, 2.75) is 19.3 Å². The summed E-state index contributed by atoms with van der Waals surface area (Å²) in [7, 11) is 0. The molecule has 0 saturated carbocycles. The van der Waals surface area contributed by atoms with Gasteiger partial charge in [-0.05, 0) is 122 Å². The summed E-state index contributed by atoms with van der Waals surface area (Å²) < 4.78 is 0. The second-order valence-corrected chi connectivity index (χ2v) is 15.2. The highest BCUT2D eigenvalue weighted by molar-refractivity contribution is 6.27. The minimum atomic E-state index is -0.0776. The van der Waals surface area contributed by atoms with Crippen molar-refractivity contribution in [2.75, 3.05) is 0 Å². The Morgan fingerprint density at radius 3 is 1.70 bits per heavy atom. The van der Waals surface area contributed by atoms with Crippen LogP contribution >= 0.6 is 0 Å². The number of benzene rings is 10. The molecule has 0 aliphatic heterocycles. The third kappa shape index (κ3) is 4.42. The molecule has 1 aliphatic carbocycles. The molecule has 0 amide bonds. The third-order valence-electron chi connectivity index (χ3n) is 12.0. The zero-order chi connectivity index (χ0) is 35.3. The lowest BCUT2D eigenvalue weighted by molar-refractivity contribution is 0.661. The van der Waals surface area contributed by atoms with E-state index in [1.165, 1.54) is 110 Å². The molecule has 1 aliphatic rings. The van der Waals surface area contributed by atoms with Gasteiger partial charge >= 0.3 is 0 Å². The van der Waals surface area contributed by atoms with Gasteiger partial charge in [0.1, 0.15) is 0 Å². The van der Waals surface area contributed by atoms with Crippen molar-refractivity contribution < 1.29 is 0 Å². The summed E-state index contributed by atoms with van der Waals surface area (Å²) in [5, 5.41) is 10.5. The van der Waals surface area contributed by atoms with E-state index in [1.807, 2.05) is 0 Å². The van der Waals surface area contributed by atoms with Gasteiger partial charge < -0.3 is 0 Å². The van der Waals surface area contributed by atoms with Crippen LogP contribution < -0.4 is 0 Å². The van der Waals surface area contributed by atoms with Gasteiger partial charge in [0.2, 0.25) is 0 Å². The maximum atomic E-state index is 2.44. The van der Waals surface area contributed by atoms with Gasteiger partial charge in [-0.2, -0.15) is 0 Å². The predicted octanol–water partition coefficient (Wildman–Crippen LogP) is 14.7. The summed E-state index contributed by atoms with van der Waals surface area (Å²) in [5.41, 5.74) is 15.5. The first-order valence-corrected chi connectivity index (χ1v) is 18.7. The molecule has 0 N–H and O–H groups in total. The van der Waals surface area contributed by atoms with Crippen molar-refractivity contribution in [1.82, 2.24) is 0 Å². The summed E-state index contributed by atoms with van der Waals surface area (Å²) >= 11 is 0. The van der Waals surface area contributed by atoms with E-state index < -0.39 is 0 Å². The van der Waals surface area contributed by atoms with Gasteiger partial charge in [-0.15, -0.1) is 0 Å². The van der Waals surface area contributed by atoms with Crippen molar-refractivity contribution in [1.29, 1.82) is 0 Å². The van der Waals surface area contributed by atoms with E-state index in [1.54, 1.807) is 0 Å². The lowest BCUT2D eigenvalue weighted by atomic mass is 9.81. The van der Waals surface area contributed by atoms with Crippen LogP contribution in [-0.4, -0.2) is 0 Å². The van der Waals surface area contributed by atoms with Crippen molar-refractivity contribution in [3.63, 3.8) is 0 Å². The van der Waals surface area contributed by atoms with Crippen LogP contribution in [0, 0.1) is 0 Å². The van der Waals surface area contributed by atoms with E-state index in [4.69, 9.17) is 0 Å². The summed E-state index contributed by atoms with van der Waals surface area (Å²) in [6.07, 6.45) is 0. The van der Waals surface area contributed by atoms with Crippen LogP contribution in [0.2, 0.25) is 0 Å². The maximum absolute atomic E-state index is 2.44. The lowest BCUT2D eigenvalue weighted by Gasteiger charge is -2.22. The Morgan fingerprint density at radius 2 is 0.887 bits per heavy atom. The Balaban J connectivity index is 1.05. The highest BCUT2D eigenvalue weighted by Gasteiger charge is 2.36. The molecular formula is C53H36. The first kappa shape index (κ1) is 30.2. The summed E-state index contributed by atoms with van der Waals surface area (Å²) in [5.74, 6) is 0. The van der Waals surface area contributed by atoms with Crippen LogP contribution in [-0.2, 0) is 5.41 Å². The fourth-order valence-corrected chi connectivity index (χ4v) is 9.43. The molecule has 0 saturated heterocycles. The van der Waals surface area contributed by atoms with E-state index in [0.29, 0.717) is 0 Å². The Labute approximate surface area is 310 Å². The maximum Gasteiger partial charge on any atom is 0.0159 e. The van der Waals surface area contributed by atoms with Crippen LogP contribution in [0.15, 0.2) is 182 Å². The van der Waals surface area contributed by atoms with Crippen molar-refractivity contribution in [2.24, 2.45) is 0 Å². The fraction of sp³-hybridized carbons (Fsp3) is 0.0566. The van der Waals surface area contributed by atoms with E-state index in [2.05, 4.69) is 196 Å². The molecule has 53 heavy (non-hydrogen) atoms. The molecular weight excluding hydrogens is 637 g/mol. The van der Waals surface area contributed by atoms with Crippen LogP contribution in [0.5, 0.6) is 0 Å². The predicted molar refractivity (Wildman–Crippen MR) is 227 cm³/mol. The molecule has 0 fully saturated rings. The topological polar surface area (TPSA) is 0 Å². The SMILES string of the molecule is CC1(C)c2cc(-c3cccc(-c4ccccc4-c4ccc5ccc6c(-c7ccccc7)ccc7ccc4c5c76)c3)ccc2-c2c1ccc1ccccc21. The van der Waals surface area contributed by atoms with Gasteiger partial charge in [-0.3, -0.25) is 0 Å². The second kappa shape index (κ2) is 11.2. The van der Waals surface area contributed by atoms with Crippen molar-refractivity contribution >= 4 is 43.1 Å². The molecule has 11 rings (SSSR count). The number of hydrogen-bond donors (Lipinski definition) is 0. The van der Waals surface area contributed by atoms with E-state index >= 15 is 0 Å². The Hall–Kier alpha value is -6.50. The van der Waals surface area contributed by atoms with Gasteiger partial charge in [0.25, 0.3) is 0 Å². The van der Waals surface area contributed by atoms with Gasteiger partial charge in [-0.25, -0.2) is 0 Å². The van der Waals surface area contributed by atoms with Crippen LogP contribution in [0.25, 0.3) is 98.7 Å². The van der Waals surface area contributed by atoms with Crippen molar-refractivity contribution in [3.8, 4) is 55.6 Å².